The number of nitrogens with zero attached hydrogens (tertiary/aromatic N) is 3. The summed E-state index contributed by atoms with van der Waals surface area (Å²) in [6, 6.07) is 5.72. The van der Waals surface area contributed by atoms with Crippen LogP contribution in [0.25, 0.3) is 0 Å². The molecule has 1 fully saturated rings. The van der Waals surface area contributed by atoms with Gasteiger partial charge in [0, 0.05) is 31.2 Å². The molecular formula is C20H27N5O2. The average molecular weight is 369 g/mol. The van der Waals surface area contributed by atoms with Crippen LogP contribution in [-0.4, -0.2) is 26.4 Å². The van der Waals surface area contributed by atoms with Crippen LogP contribution in [0.2, 0.25) is 0 Å². The summed E-state index contributed by atoms with van der Waals surface area (Å²) < 4.78 is 3.42. The van der Waals surface area contributed by atoms with Crippen molar-refractivity contribution in [3.63, 3.8) is 0 Å². The second kappa shape index (κ2) is 7.21. The number of rotatable bonds is 4. The van der Waals surface area contributed by atoms with Crippen molar-refractivity contribution >= 4 is 11.7 Å². The molecule has 2 heterocycles. The fraction of sp³-hybridized carbons (Fsp3) is 0.550. The van der Waals surface area contributed by atoms with Gasteiger partial charge in [-0.15, -0.1) is 0 Å². The molecule has 1 aliphatic carbocycles. The van der Waals surface area contributed by atoms with Crippen molar-refractivity contribution in [2.24, 2.45) is 5.92 Å². The molecular weight excluding hydrogens is 342 g/mol. The number of hydrogen-bond donors (Lipinski definition) is 2. The lowest BCUT2D eigenvalue weighted by molar-refractivity contribution is 0.247. The molecule has 0 radical (unpaired) electrons. The van der Waals surface area contributed by atoms with Crippen molar-refractivity contribution in [2.75, 3.05) is 5.32 Å². The fourth-order valence-corrected chi connectivity index (χ4v) is 3.61. The molecule has 1 aliphatic heterocycles. The standard InChI is InChI=1S/C20H27N5O2/c1-13-3-6-17(11-14(13)2)22-19(26)21-16-7-8-18-23-25(12-15-4-5-15)20(27)24(18)10-9-16/h3,6,11,15-16H,4-5,7-10,12H2,1-2H3,(H2,21,22,26). The minimum absolute atomic E-state index is 0.00266. The maximum atomic E-state index is 12.5. The van der Waals surface area contributed by atoms with Crippen LogP contribution in [0.5, 0.6) is 0 Å². The molecule has 1 aromatic heterocycles. The molecule has 7 heteroatoms. The Morgan fingerprint density at radius 3 is 2.74 bits per heavy atom. The molecule has 7 nitrogen and oxygen atoms in total. The third-order valence-corrected chi connectivity index (χ3v) is 5.65. The van der Waals surface area contributed by atoms with Crippen molar-refractivity contribution in [3.05, 3.63) is 45.6 Å². The van der Waals surface area contributed by atoms with Crippen LogP contribution in [0.4, 0.5) is 10.5 Å². The Kier molecular flexibility index (Phi) is 4.76. The number of carbonyl (C=O) groups excluding carboxylic acids is 1. The number of carbonyl (C=O) groups is 1. The van der Waals surface area contributed by atoms with Crippen molar-refractivity contribution in [3.8, 4) is 0 Å². The number of benzene rings is 1. The van der Waals surface area contributed by atoms with E-state index in [1.807, 2.05) is 32.0 Å². The van der Waals surface area contributed by atoms with E-state index in [4.69, 9.17) is 0 Å². The molecule has 2 aromatic rings. The third kappa shape index (κ3) is 4.07. The lowest BCUT2D eigenvalue weighted by atomic mass is 10.1. The van der Waals surface area contributed by atoms with Crippen LogP contribution in [0.1, 0.15) is 42.6 Å². The number of hydrogen-bond acceptors (Lipinski definition) is 3. The van der Waals surface area contributed by atoms with Gasteiger partial charge in [-0.1, -0.05) is 6.07 Å². The number of nitrogens with one attached hydrogen (secondary N) is 2. The summed E-state index contributed by atoms with van der Waals surface area (Å²) in [5.74, 6) is 1.48. The Labute approximate surface area is 158 Å². The predicted molar refractivity (Wildman–Crippen MR) is 104 cm³/mol. The largest absolute Gasteiger partial charge is 0.345 e. The van der Waals surface area contributed by atoms with Gasteiger partial charge >= 0.3 is 11.7 Å². The normalized spacial score (nSPS) is 19.3. The Morgan fingerprint density at radius 2 is 2.00 bits per heavy atom. The summed E-state index contributed by atoms with van der Waals surface area (Å²) in [6.45, 7) is 5.43. The van der Waals surface area contributed by atoms with E-state index < -0.39 is 0 Å². The highest BCUT2D eigenvalue weighted by molar-refractivity contribution is 5.89. The van der Waals surface area contributed by atoms with Crippen molar-refractivity contribution in [1.29, 1.82) is 0 Å². The van der Waals surface area contributed by atoms with Gasteiger partial charge in [-0.05, 0) is 68.7 Å². The molecule has 1 saturated carbocycles. The van der Waals surface area contributed by atoms with Crippen LogP contribution in [0.15, 0.2) is 23.0 Å². The van der Waals surface area contributed by atoms with Crippen molar-refractivity contribution in [2.45, 2.75) is 65.1 Å². The third-order valence-electron chi connectivity index (χ3n) is 5.65. The predicted octanol–water partition coefficient (Wildman–Crippen LogP) is 2.60. The van der Waals surface area contributed by atoms with Gasteiger partial charge in [0.15, 0.2) is 0 Å². The lowest BCUT2D eigenvalue weighted by Gasteiger charge is -2.17. The van der Waals surface area contributed by atoms with Crippen LogP contribution in [0, 0.1) is 19.8 Å². The quantitative estimate of drug-likeness (QED) is 0.869. The first-order valence-electron chi connectivity index (χ1n) is 9.81. The summed E-state index contributed by atoms with van der Waals surface area (Å²) >= 11 is 0. The number of urea groups is 1. The maximum Gasteiger partial charge on any atom is 0.345 e. The molecule has 0 spiro atoms. The van der Waals surface area contributed by atoms with Gasteiger partial charge in [-0.25, -0.2) is 14.3 Å². The van der Waals surface area contributed by atoms with Gasteiger partial charge in [-0.3, -0.25) is 4.57 Å². The molecule has 4 rings (SSSR count). The fourth-order valence-electron chi connectivity index (χ4n) is 3.61. The van der Waals surface area contributed by atoms with E-state index in [-0.39, 0.29) is 17.8 Å². The highest BCUT2D eigenvalue weighted by atomic mass is 16.2. The van der Waals surface area contributed by atoms with Gasteiger partial charge in [0.1, 0.15) is 5.82 Å². The molecule has 144 valence electrons. The molecule has 27 heavy (non-hydrogen) atoms. The highest BCUT2D eigenvalue weighted by Gasteiger charge is 2.26. The minimum atomic E-state index is -0.200. The van der Waals surface area contributed by atoms with Crippen molar-refractivity contribution < 1.29 is 4.79 Å². The topological polar surface area (TPSA) is 81.0 Å². The van der Waals surface area contributed by atoms with Gasteiger partial charge in [0.25, 0.3) is 0 Å². The first-order valence-corrected chi connectivity index (χ1v) is 9.81. The Morgan fingerprint density at radius 1 is 1.19 bits per heavy atom. The summed E-state index contributed by atoms with van der Waals surface area (Å²) in [5, 5.41) is 10.5. The number of amides is 2. The van der Waals surface area contributed by atoms with Gasteiger partial charge < -0.3 is 10.6 Å². The average Bonchev–Trinajstić information content (AvgIpc) is 3.41. The first kappa shape index (κ1) is 17.8. The molecule has 0 bridgehead atoms. The molecule has 1 atom stereocenters. The van der Waals surface area contributed by atoms with Crippen LogP contribution < -0.4 is 16.3 Å². The van der Waals surface area contributed by atoms with Crippen LogP contribution >= 0.6 is 0 Å². The lowest BCUT2D eigenvalue weighted by Crippen LogP contribution is -2.38. The SMILES string of the molecule is Cc1ccc(NC(=O)NC2CCc3nn(CC4CC4)c(=O)n3CC2)cc1C. The highest BCUT2D eigenvalue weighted by Crippen LogP contribution is 2.30. The maximum absolute atomic E-state index is 12.5. The van der Waals surface area contributed by atoms with Gasteiger partial charge in [-0.2, -0.15) is 5.10 Å². The number of aryl methyl sites for hydroxylation is 3. The number of aromatic nitrogens is 3. The van der Waals surface area contributed by atoms with E-state index in [0.717, 1.165) is 36.5 Å². The summed E-state index contributed by atoms with van der Waals surface area (Å²) in [5.41, 5.74) is 3.14. The van der Waals surface area contributed by atoms with Gasteiger partial charge in [0.2, 0.25) is 0 Å². The minimum Gasteiger partial charge on any atom is -0.335 e. The Balaban J connectivity index is 1.35. The van der Waals surface area contributed by atoms with E-state index in [0.29, 0.717) is 18.9 Å². The second-order valence-corrected chi connectivity index (χ2v) is 7.90. The van der Waals surface area contributed by atoms with Crippen LogP contribution in [-0.2, 0) is 19.5 Å². The Hall–Kier alpha value is -2.57. The molecule has 2 N–H and O–H groups in total. The summed E-state index contributed by atoms with van der Waals surface area (Å²) in [6.07, 6.45) is 4.65. The van der Waals surface area contributed by atoms with E-state index in [1.165, 1.54) is 18.4 Å². The van der Waals surface area contributed by atoms with E-state index >= 15 is 0 Å². The monoisotopic (exact) mass is 369 g/mol. The molecule has 1 unspecified atom stereocenters. The molecule has 2 aliphatic rings. The van der Waals surface area contributed by atoms with E-state index in [1.54, 1.807) is 9.25 Å². The summed E-state index contributed by atoms with van der Waals surface area (Å²) in [4.78, 5) is 24.9. The number of anilines is 1. The van der Waals surface area contributed by atoms with Crippen molar-refractivity contribution in [1.82, 2.24) is 19.7 Å². The van der Waals surface area contributed by atoms with E-state index in [2.05, 4.69) is 15.7 Å². The first-order chi connectivity index (χ1) is 13.0. The van der Waals surface area contributed by atoms with E-state index in [9.17, 15) is 9.59 Å². The van der Waals surface area contributed by atoms with Crippen LogP contribution in [0.3, 0.4) is 0 Å². The summed E-state index contributed by atoms with van der Waals surface area (Å²) in [7, 11) is 0. The zero-order valence-corrected chi connectivity index (χ0v) is 16.0. The molecule has 2 amide bonds. The zero-order valence-electron chi connectivity index (χ0n) is 16.0. The molecule has 1 aromatic carbocycles. The Bertz CT molecular complexity index is 910. The second-order valence-electron chi connectivity index (χ2n) is 7.90. The number of fused-ring (bicyclic) bond motifs is 1. The zero-order chi connectivity index (χ0) is 19.0. The van der Waals surface area contributed by atoms with Gasteiger partial charge in [0.05, 0.1) is 0 Å². The molecule has 0 saturated heterocycles. The smallest absolute Gasteiger partial charge is 0.335 e.